The second-order valence-corrected chi connectivity index (χ2v) is 4.71. The number of nitrogens with two attached hydrogens (primary N) is 1. The van der Waals surface area contributed by atoms with Crippen LogP contribution in [0.4, 0.5) is 0 Å². The topological polar surface area (TPSA) is 142 Å². The number of carboxylic acids is 1. The minimum Gasteiger partial charge on any atom is -0.478 e. The fourth-order valence-electron chi connectivity index (χ4n) is 2.03. The second kappa shape index (κ2) is 7.34. The van der Waals surface area contributed by atoms with E-state index in [-0.39, 0.29) is 24.5 Å². The molecule has 8 nitrogen and oxygen atoms in total. The van der Waals surface area contributed by atoms with Crippen LogP contribution in [0, 0.1) is 0 Å². The number of carbonyl (C=O) groups is 2. The summed E-state index contributed by atoms with van der Waals surface area (Å²) in [5.74, 6) is -1.41. The number of aliphatic hydroxyl groups excluding tert-OH is 2. The lowest BCUT2D eigenvalue weighted by Gasteiger charge is -2.35. The smallest absolute Gasteiger partial charge is 0.331 e. The first-order valence-corrected chi connectivity index (χ1v) is 6.22. The summed E-state index contributed by atoms with van der Waals surface area (Å²) >= 11 is 0. The number of ether oxygens (including phenoxy) is 1. The van der Waals surface area contributed by atoms with Gasteiger partial charge < -0.3 is 31.1 Å². The molecule has 0 radical (unpaired) electrons. The maximum atomic E-state index is 11.2. The number of carboxylic acid groups (broad SMARTS) is 1. The number of carbonyl (C=O) groups excluding carboxylic acids is 1. The molecule has 0 saturated heterocycles. The molecule has 0 aromatic carbocycles. The summed E-state index contributed by atoms with van der Waals surface area (Å²) in [6.07, 6.45) is -0.299. The van der Waals surface area contributed by atoms with Crippen LogP contribution < -0.4 is 11.1 Å². The first-order chi connectivity index (χ1) is 9.35. The summed E-state index contributed by atoms with van der Waals surface area (Å²) in [4.78, 5) is 22.2. The Labute approximate surface area is 116 Å². The predicted octanol–water partition coefficient (Wildman–Crippen LogP) is -2.03. The van der Waals surface area contributed by atoms with Crippen LogP contribution in [-0.2, 0) is 14.3 Å². The lowest BCUT2D eigenvalue weighted by Crippen LogP contribution is -2.56. The van der Waals surface area contributed by atoms with Crippen molar-refractivity contribution in [2.75, 3.05) is 13.2 Å². The molecule has 0 aromatic rings. The highest BCUT2D eigenvalue weighted by molar-refractivity contribution is 5.87. The molecule has 0 aliphatic heterocycles. The van der Waals surface area contributed by atoms with Crippen LogP contribution in [0.3, 0.4) is 0 Å². The van der Waals surface area contributed by atoms with Crippen molar-refractivity contribution >= 4 is 11.9 Å². The van der Waals surface area contributed by atoms with Crippen molar-refractivity contribution in [3.63, 3.8) is 0 Å². The number of aliphatic hydroxyl groups is 2. The monoisotopic (exact) mass is 288 g/mol. The van der Waals surface area contributed by atoms with E-state index in [1.54, 1.807) is 0 Å². The molecular weight excluding hydrogens is 268 g/mol. The van der Waals surface area contributed by atoms with Gasteiger partial charge in [0, 0.05) is 25.0 Å². The minimum atomic E-state index is -1.10. The zero-order valence-corrected chi connectivity index (χ0v) is 11.2. The first kappa shape index (κ1) is 16.6. The van der Waals surface area contributed by atoms with Gasteiger partial charge in [0.25, 0.3) is 0 Å². The first-order valence-electron chi connectivity index (χ1n) is 6.22. The molecule has 8 heteroatoms. The lowest BCUT2D eigenvalue weighted by molar-refractivity contribution is -0.133. The Morgan fingerprint density at radius 3 is 2.75 bits per heavy atom. The van der Waals surface area contributed by atoms with Gasteiger partial charge in [0.2, 0.25) is 5.91 Å². The van der Waals surface area contributed by atoms with Crippen LogP contribution in [0.1, 0.15) is 13.3 Å². The van der Waals surface area contributed by atoms with Crippen molar-refractivity contribution in [2.24, 2.45) is 5.73 Å². The second-order valence-electron chi connectivity index (χ2n) is 4.71. The lowest BCUT2D eigenvalue weighted by atomic mass is 9.88. The van der Waals surface area contributed by atoms with Crippen LogP contribution in [0.15, 0.2) is 11.6 Å². The van der Waals surface area contributed by atoms with E-state index in [2.05, 4.69) is 5.32 Å². The quantitative estimate of drug-likeness (QED) is 0.379. The van der Waals surface area contributed by atoms with Crippen LogP contribution in [-0.4, -0.2) is 64.7 Å². The van der Waals surface area contributed by atoms with Gasteiger partial charge in [-0.05, 0) is 0 Å². The van der Waals surface area contributed by atoms with Gasteiger partial charge in [-0.3, -0.25) is 4.79 Å². The molecule has 1 amide bonds. The minimum absolute atomic E-state index is 0.0616. The normalized spacial score (nSPS) is 27.6. The standard InChI is InChI=1S/C12H20N2O6/c1-6(16)14-11-9(13)2-7(12(18)19)3-10(11)20-5-8(17)4-15/h2,8-11,15,17H,3-5,13H2,1H3,(H,14,16)(H,18,19). The van der Waals surface area contributed by atoms with E-state index in [1.165, 1.54) is 13.0 Å². The zero-order chi connectivity index (χ0) is 15.3. The number of nitrogens with one attached hydrogen (secondary N) is 1. The molecule has 4 unspecified atom stereocenters. The highest BCUT2D eigenvalue weighted by atomic mass is 16.5. The number of rotatable bonds is 6. The number of hydrogen-bond donors (Lipinski definition) is 5. The molecule has 1 rings (SSSR count). The van der Waals surface area contributed by atoms with E-state index in [0.29, 0.717) is 0 Å². The Balaban J connectivity index is 2.81. The van der Waals surface area contributed by atoms with Crippen LogP contribution in [0.25, 0.3) is 0 Å². The Bertz CT molecular complexity index is 397. The third-order valence-corrected chi connectivity index (χ3v) is 2.99. The van der Waals surface area contributed by atoms with Crippen LogP contribution >= 0.6 is 0 Å². The summed E-state index contributed by atoms with van der Waals surface area (Å²) in [7, 11) is 0. The largest absolute Gasteiger partial charge is 0.478 e. The molecule has 0 aromatic heterocycles. The van der Waals surface area contributed by atoms with Crippen molar-refractivity contribution in [3.05, 3.63) is 11.6 Å². The fourth-order valence-corrected chi connectivity index (χ4v) is 2.03. The van der Waals surface area contributed by atoms with Crippen LogP contribution in [0.2, 0.25) is 0 Å². The summed E-state index contributed by atoms with van der Waals surface area (Å²) < 4.78 is 5.39. The average Bonchev–Trinajstić information content (AvgIpc) is 2.38. The fraction of sp³-hybridized carbons (Fsp3) is 0.667. The molecule has 0 heterocycles. The van der Waals surface area contributed by atoms with Gasteiger partial charge in [0.05, 0.1) is 25.4 Å². The number of amides is 1. The van der Waals surface area contributed by atoms with Gasteiger partial charge in [-0.15, -0.1) is 0 Å². The van der Waals surface area contributed by atoms with Crippen LogP contribution in [0.5, 0.6) is 0 Å². The number of aliphatic carboxylic acids is 1. The van der Waals surface area contributed by atoms with Gasteiger partial charge in [0.1, 0.15) is 6.10 Å². The third-order valence-electron chi connectivity index (χ3n) is 2.99. The van der Waals surface area contributed by atoms with Gasteiger partial charge in [0.15, 0.2) is 0 Å². The Morgan fingerprint density at radius 1 is 1.60 bits per heavy atom. The predicted molar refractivity (Wildman–Crippen MR) is 68.7 cm³/mol. The number of hydrogen-bond acceptors (Lipinski definition) is 6. The van der Waals surface area contributed by atoms with Crippen molar-refractivity contribution in [1.29, 1.82) is 0 Å². The van der Waals surface area contributed by atoms with E-state index in [9.17, 15) is 14.7 Å². The molecule has 0 fully saturated rings. The molecule has 0 spiro atoms. The van der Waals surface area contributed by atoms with Gasteiger partial charge in [-0.25, -0.2) is 4.79 Å². The molecular formula is C12H20N2O6. The summed E-state index contributed by atoms with van der Waals surface area (Å²) in [5.41, 5.74) is 5.94. The average molecular weight is 288 g/mol. The van der Waals surface area contributed by atoms with Crippen molar-refractivity contribution < 1.29 is 29.6 Å². The summed E-state index contributed by atoms with van der Waals surface area (Å²) in [6.45, 7) is 0.685. The van der Waals surface area contributed by atoms with E-state index in [0.717, 1.165) is 0 Å². The molecule has 1 aliphatic carbocycles. The van der Waals surface area contributed by atoms with E-state index in [4.69, 9.17) is 20.7 Å². The highest BCUT2D eigenvalue weighted by Gasteiger charge is 2.35. The molecule has 1 aliphatic rings. The Hall–Kier alpha value is -1.48. The summed E-state index contributed by atoms with van der Waals surface area (Å²) in [5, 5.41) is 29.6. The van der Waals surface area contributed by atoms with E-state index in [1.807, 2.05) is 0 Å². The third kappa shape index (κ3) is 4.57. The molecule has 0 saturated carbocycles. The summed E-state index contributed by atoms with van der Waals surface area (Å²) in [6, 6.07) is -1.28. The van der Waals surface area contributed by atoms with Crippen molar-refractivity contribution in [2.45, 2.75) is 37.6 Å². The molecule has 4 atom stereocenters. The van der Waals surface area contributed by atoms with E-state index < -0.39 is 36.9 Å². The van der Waals surface area contributed by atoms with Crippen molar-refractivity contribution in [3.8, 4) is 0 Å². The molecule has 114 valence electrons. The SMILES string of the molecule is CC(=O)NC1C(N)C=C(C(=O)O)CC1OCC(O)CO. The maximum absolute atomic E-state index is 11.2. The van der Waals surface area contributed by atoms with Gasteiger partial charge in [-0.2, -0.15) is 0 Å². The van der Waals surface area contributed by atoms with Gasteiger partial charge in [-0.1, -0.05) is 6.08 Å². The van der Waals surface area contributed by atoms with Crippen molar-refractivity contribution in [1.82, 2.24) is 5.32 Å². The Kier molecular flexibility index (Phi) is 6.08. The molecule has 0 bridgehead atoms. The Morgan fingerprint density at radius 2 is 2.25 bits per heavy atom. The zero-order valence-electron chi connectivity index (χ0n) is 11.2. The van der Waals surface area contributed by atoms with E-state index >= 15 is 0 Å². The highest BCUT2D eigenvalue weighted by Crippen LogP contribution is 2.21. The van der Waals surface area contributed by atoms with Gasteiger partial charge >= 0.3 is 5.97 Å². The molecule has 20 heavy (non-hydrogen) atoms. The maximum Gasteiger partial charge on any atom is 0.331 e. The molecule has 6 N–H and O–H groups in total.